The lowest BCUT2D eigenvalue weighted by Gasteiger charge is -2.34. The first-order chi connectivity index (χ1) is 9.49. The third kappa shape index (κ3) is 2.84. The largest absolute Gasteiger partial charge is 0.392 e. The summed E-state index contributed by atoms with van der Waals surface area (Å²) in [5, 5.41) is 3.49. The van der Waals surface area contributed by atoms with E-state index >= 15 is 0 Å². The Bertz CT molecular complexity index is 522. The molecule has 0 radical (unpaired) electrons. The Labute approximate surface area is 127 Å². The highest BCUT2D eigenvalue weighted by Crippen LogP contribution is 2.33. The van der Waals surface area contributed by atoms with E-state index in [0.717, 1.165) is 17.0 Å². The van der Waals surface area contributed by atoms with Gasteiger partial charge < -0.3 is 15.8 Å². The summed E-state index contributed by atoms with van der Waals surface area (Å²) < 4.78 is 5.31. The van der Waals surface area contributed by atoms with Gasteiger partial charge in [-0.05, 0) is 26.2 Å². The molecule has 20 heavy (non-hydrogen) atoms. The monoisotopic (exact) mass is 313 g/mol. The quantitative estimate of drug-likeness (QED) is 0.832. The van der Waals surface area contributed by atoms with Crippen LogP contribution in [0.5, 0.6) is 0 Å². The molecule has 0 spiro atoms. The number of ether oxygens (including phenoxy) is 1. The maximum atomic E-state index is 12.6. The number of carbonyl (C=O) groups is 1. The van der Waals surface area contributed by atoms with Crippen molar-refractivity contribution in [2.45, 2.75) is 33.1 Å². The van der Waals surface area contributed by atoms with Crippen molar-refractivity contribution < 1.29 is 9.53 Å². The number of nitrogens with one attached hydrogen (secondary N) is 1. The minimum Gasteiger partial charge on any atom is -0.392 e. The molecule has 1 aromatic rings. The van der Waals surface area contributed by atoms with Crippen LogP contribution in [0.3, 0.4) is 0 Å². The Morgan fingerprint density at radius 1 is 1.55 bits per heavy atom. The van der Waals surface area contributed by atoms with Gasteiger partial charge in [0.15, 0.2) is 5.13 Å². The normalized spacial score (nSPS) is 17.7. The molecule has 7 heteroatoms. The van der Waals surface area contributed by atoms with Crippen LogP contribution < -0.4 is 11.1 Å². The average molecular weight is 313 g/mol. The fourth-order valence-corrected chi connectivity index (χ4v) is 3.53. The van der Waals surface area contributed by atoms with Crippen molar-refractivity contribution in [1.29, 1.82) is 0 Å². The van der Waals surface area contributed by atoms with Crippen molar-refractivity contribution in [3.8, 4) is 0 Å². The van der Waals surface area contributed by atoms with E-state index in [1.54, 1.807) is 0 Å². The van der Waals surface area contributed by atoms with E-state index in [1.165, 1.54) is 11.3 Å². The van der Waals surface area contributed by atoms with E-state index in [4.69, 9.17) is 22.7 Å². The van der Waals surface area contributed by atoms with Crippen LogP contribution in [-0.2, 0) is 16.0 Å². The predicted octanol–water partition coefficient (Wildman–Crippen LogP) is 2.04. The van der Waals surface area contributed by atoms with Crippen molar-refractivity contribution in [3.05, 3.63) is 10.6 Å². The number of anilines is 1. The predicted molar refractivity (Wildman–Crippen MR) is 84.1 cm³/mol. The Morgan fingerprint density at radius 3 is 2.70 bits per heavy atom. The van der Waals surface area contributed by atoms with E-state index in [1.807, 2.05) is 13.8 Å². The van der Waals surface area contributed by atoms with Gasteiger partial charge in [0.1, 0.15) is 5.41 Å². The number of thiazole rings is 1. The fraction of sp³-hybridized carbons (Fsp3) is 0.615. The van der Waals surface area contributed by atoms with E-state index in [-0.39, 0.29) is 10.9 Å². The first kappa shape index (κ1) is 15.3. The standard InChI is InChI=1S/C13H19N3O2S2/c1-3-9-8(2)20-12(15-9)16-11(17)13(10(14)19)4-6-18-7-5-13/h3-7H2,1-2H3,(H2,14,19)(H,15,16,17). The van der Waals surface area contributed by atoms with Gasteiger partial charge in [0.05, 0.1) is 10.7 Å². The van der Waals surface area contributed by atoms with Gasteiger partial charge in [-0.1, -0.05) is 19.1 Å². The highest BCUT2D eigenvalue weighted by molar-refractivity contribution is 7.80. The first-order valence-electron chi connectivity index (χ1n) is 6.65. The van der Waals surface area contributed by atoms with Gasteiger partial charge >= 0.3 is 0 Å². The van der Waals surface area contributed by atoms with Gasteiger partial charge in [-0.25, -0.2) is 4.98 Å². The Hall–Kier alpha value is -1.05. The highest BCUT2D eigenvalue weighted by Gasteiger charge is 2.43. The summed E-state index contributed by atoms with van der Waals surface area (Å²) in [5.41, 5.74) is 6.03. The Morgan fingerprint density at radius 2 is 2.20 bits per heavy atom. The molecule has 0 bridgehead atoms. The maximum Gasteiger partial charge on any atom is 0.239 e. The van der Waals surface area contributed by atoms with Crippen molar-refractivity contribution in [2.75, 3.05) is 18.5 Å². The molecule has 1 aliphatic heterocycles. The highest BCUT2D eigenvalue weighted by atomic mass is 32.1. The Kier molecular flexibility index (Phi) is 4.72. The number of nitrogens with two attached hydrogens (primary N) is 1. The van der Waals surface area contributed by atoms with Crippen molar-refractivity contribution >= 4 is 39.6 Å². The number of aromatic nitrogens is 1. The van der Waals surface area contributed by atoms with E-state index in [0.29, 0.717) is 31.2 Å². The second-order valence-corrected chi connectivity index (χ2v) is 6.53. The molecule has 1 saturated heterocycles. The second-order valence-electron chi connectivity index (χ2n) is 4.89. The van der Waals surface area contributed by atoms with Crippen LogP contribution >= 0.6 is 23.6 Å². The van der Waals surface area contributed by atoms with Crippen LogP contribution in [0, 0.1) is 12.3 Å². The summed E-state index contributed by atoms with van der Waals surface area (Å²) >= 11 is 6.60. The number of nitrogens with zero attached hydrogens (tertiary/aromatic N) is 1. The van der Waals surface area contributed by atoms with Crippen LogP contribution in [0.25, 0.3) is 0 Å². The summed E-state index contributed by atoms with van der Waals surface area (Å²) in [6.07, 6.45) is 1.91. The smallest absolute Gasteiger partial charge is 0.239 e. The zero-order valence-electron chi connectivity index (χ0n) is 11.7. The summed E-state index contributed by atoms with van der Waals surface area (Å²) in [4.78, 5) is 18.4. The third-order valence-corrected chi connectivity index (χ3v) is 5.02. The second kappa shape index (κ2) is 6.15. The van der Waals surface area contributed by atoms with Crippen LogP contribution in [0.2, 0.25) is 0 Å². The zero-order valence-corrected chi connectivity index (χ0v) is 13.3. The van der Waals surface area contributed by atoms with Crippen LogP contribution in [0.4, 0.5) is 5.13 Å². The number of hydrogen-bond acceptors (Lipinski definition) is 5. The number of thiocarbonyl (C=S) groups is 1. The third-order valence-electron chi connectivity index (χ3n) is 3.70. The lowest BCUT2D eigenvalue weighted by Crippen LogP contribution is -2.49. The molecule has 0 aromatic carbocycles. The molecule has 0 saturated carbocycles. The molecule has 3 N–H and O–H groups in total. The van der Waals surface area contributed by atoms with E-state index < -0.39 is 5.41 Å². The number of hydrogen-bond donors (Lipinski definition) is 2. The van der Waals surface area contributed by atoms with Crippen molar-refractivity contribution in [2.24, 2.45) is 11.1 Å². The van der Waals surface area contributed by atoms with Gasteiger partial charge in [0.2, 0.25) is 5.91 Å². The van der Waals surface area contributed by atoms with Crippen molar-refractivity contribution in [1.82, 2.24) is 4.98 Å². The molecule has 1 amide bonds. The van der Waals surface area contributed by atoms with Crippen molar-refractivity contribution in [3.63, 3.8) is 0 Å². The molecule has 5 nitrogen and oxygen atoms in total. The van der Waals surface area contributed by atoms with Gasteiger partial charge in [-0.2, -0.15) is 0 Å². The van der Waals surface area contributed by atoms with Gasteiger partial charge in [0.25, 0.3) is 0 Å². The van der Waals surface area contributed by atoms with Gasteiger partial charge in [0, 0.05) is 18.1 Å². The first-order valence-corrected chi connectivity index (χ1v) is 7.87. The number of amides is 1. The number of rotatable bonds is 4. The molecule has 1 aromatic heterocycles. The lowest BCUT2D eigenvalue weighted by atomic mass is 9.79. The Balaban J connectivity index is 2.18. The summed E-state index contributed by atoms with van der Waals surface area (Å²) in [5.74, 6) is -0.162. The minimum atomic E-state index is -0.806. The average Bonchev–Trinajstić information content (AvgIpc) is 2.79. The number of aryl methyl sites for hydroxylation is 2. The van der Waals surface area contributed by atoms with Gasteiger partial charge in [-0.15, -0.1) is 11.3 Å². The molecule has 2 rings (SSSR count). The molecule has 0 atom stereocenters. The van der Waals surface area contributed by atoms with E-state index in [9.17, 15) is 4.79 Å². The maximum absolute atomic E-state index is 12.6. The van der Waals surface area contributed by atoms with Crippen LogP contribution in [-0.4, -0.2) is 29.1 Å². The molecular weight excluding hydrogens is 294 g/mol. The van der Waals surface area contributed by atoms with E-state index in [2.05, 4.69) is 10.3 Å². The SMILES string of the molecule is CCc1nc(NC(=O)C2(C(N)=S)CCOCC2)sc1C. The summed E-state index contributed by atoms with van der Waals surface area (Å²) in [7, 11) is 0. The lowest BCUT2D eigenvalue weighted by molar-refractivity contribution is -0.126. The van der Waals surface area contributed by atoms with Crippen LogP contribution in [0.15, 0.2) is 0 Å². The van der Waals surface area contributed by atoms with Crippen LogP contribution in [0.1, 0.15) is 30.3 Å². The topological polar surface area (TPSA) is 77.2 Å². The zero-order chi connectivity index (χ0) is 14.8. The van der Waals surface area contributed by atoms with Gasteiger partial charge in [-0.3, -0.25) is 4.79 Å². The number of carbonyl (C=O) groups excluding carboxylic acids is 1. The molecule has 0 aliphatic carbocycles. The molecule has 2 heterocycles. The molecule has 110 valence electrons. The summed E-state index contributed by atoms with van der Waals surface area (Å²) in [6, 6.07) is 0. The summed E-state index contributed by atoms with van der Waals surface area (Å²) in [6.45, 7) is 5.05. The molecule has 1 fully saturated rings. The molecular formula is C13H19N3O2S2. The molecule has 1 aliphatic rings. The fourth-order valence-electron chi connectivity index (χ4n) is 2.33. The molecule has 0 unspecified atom stereocenters. The minimum absolute atomic E-state index is 0.162.